The molecule has 7 nitrogen and oxygen atoms in total. The maximum absolute atomic E-state index is 12.7. The molecule has 0 aliphatic carbocycles. The monoisotopic (exact) mass is 331 g/mol. The zero-order valence-electron chi connectivity index (χ0n) is 13.9. The molecule has 1 aromatic heterocycles. The van der Waals surface area contributed by atoms with Gasteiger partial charge in [0.25, 0.3) is 5.91 Å². The molecule has 3 rings (SSSR count). The van der Waals surface area contributed by atoms with Crippen molar-refractivity contribution >= 4 is 17.7 Å². The summed E-state index contributed by atoms with van der Waals surface area (Å²) in [5.41, 5.74) is 0.591. The van der Waals surface area contributed by atoms with Gasteiger partial charge in [0.2, 0.25) is 11.8 Å². The molecule has 2 aliphatic heterocycles. The fourth-order valence-electron chi connectivity index (χ4n) is 3.66. The zero-order valence-corrected chi connectivity index (χ0v) is 13.9. The number of hydrogen-bond donors (Lipinski definition) is 1. The Balaban J connectivity index is 1.75. The third-order valence-electron chi connectivity index (χ3n) is 5.20. The summed E-state index contributed by atoms with van der Waals surface area (Å²) in [5.74, 6) is -0.640. The third-order valence-corrected chi connectivity index (χ3v) is 5.20. The fraction of sp³-hybridized carbons (Fsp3) is 0.529. The highest BCUT2D eigenvalue weighted by Gasteiger charge is 2.42. The van der Waals surface area contributed by atoms with Crippen molar-refractivity contribution in [1.82, 2.24) is 14.8 Å². The van der Waals surface area contributed by atoms with Gasteiger partial charge >= 0.3 is 0 Å². The van der Waals surface area contributed by atoms with Crippen LogP contribution >= 0.6 is 0 Å². The average Bonchev–Trinajstić information content (AvgIpc) is 2.49. The summed E-state index contributed by atoms with van der Waals surface area (Å²) in [6.45, 7) is 2.76. The van der Waals surface area contributed by atoms with Crippen molar-refractivity contribution in [1.29, 1.82) is 0 Å². The first-order valence-electron chi connectivity index (χ1n) is 8.09. The Morgan fingerprint density at radius 1 is 1.08 bits per heavy atom. The van der Waals surface area contributed by atoms with Gasteiger partial charge in [0.05, 0.1) is 0 Å². The minimum absolute atomic E-state index is 0.181. The fourth-order valence-corrected chi connectivity index (χ4v) is 3.66. The normalized spacial score (nSPS) is 20.2. The van der Waals surface area contributed by atoms with Crippen LogP contribution in [0.3, 0.4) is 0 Å². The summed E-state index contributed by atoms with van der Waals surface area (Å²) in [6.07, 6.45) is 1.92. The number of amides is 3. The summed E-state index contributed by atoms with van der Waals surface area (Å²) < 4.78 is 1.71. The number of pyridine rings is 1. The summed E-state index contributed by atoms with van der Waals surface area (Å²) in [4.78, 5) is 49.5. The Bertz CT molecular complexity index is 755. The molecule has 128 valence electrons. The SMILES string of the molecule is Cc1cc(=O)cc(C(=O)N2CCC3(CC2)CC(=O)NC(=O)C3)n1C. The Hall–Kier alpha value is -2.44. The quantitative estimate of drug-likeness (QED) is 0.752. The maximum atomic E-state index is 12.7. The largest absolute Gasteiger partial charge is 0.344 e. The summed E-state index contributed by atoms with van der Waals surface area (Å²) in [7, 11) is 1.76. The second kappa shape index (κ2) is 5.89. The summed E-state index contributed by atoms with van der Waals surface area (Å²) >= 11 is 0. The molecular weight excluding hydrogens is 310 g/mol. The first kappa shape index (κ1) is 16.4. The van der Waals surface area contributed by atoms with Crippen LogP contribution in [0, 0.1) is 12.3 Å². The second-order valence-electron chi connectivity index (χ2n) is 6.89. The molecule has 3 amide bonds. The van der Waals surface area contributed by atoms with Crippen molar-refractivity contribution in [2.24, 2.45) is 12.5 Å². The number of rotatable bonds is 1. The van der Waals surface area contributed by atoms with E-state index in [0.717, 1.165) is 5.69 Å². The van der Waals surface area contributed by atoms with Gasteiger partial charge < -0.3 is 9.47 Å². The molecule has 0 bridgehead atoms. The van der Waals surface area contributed by atoms with Crippen molar-refractivity contribution < 1.29 is 14.4 Å². The molecule has 0 saturated carbocycles. The molecular formula is C17H21N3O4. The molecule has 2 fully saturated rings. The topological polar surface area (TPSA) is 88.5 Å². The van der Waals surface area contributed by atoms with Gasteiger partial charge in [0.1, 0.15) is 5.69 Å². The van der Waals surface area contributed by atoms with E-state index in [2.05, 4.69) is 5.32 Å². The highest BCUT2D eigenvalue weighted by atomic mass is 16.2. The van der Waals surface area contributed by atoms with E-state index in [9.17, 15) is 19.2 Å². The predicted octanol–water partition coefficient (Wildman–Crippen LogP) is 0.353. The molecule has 0 aromatic carbocycles. The van der Waals surface area contributed by atoms with Gasteiger partial charge in [-0.25, -0.2) is 0 Å². The summed E-state index contributed by atoms with van der Waals surface area (Å²) in [5, 5.41) is 2.33. The first-order chi connectivity index (χ1) is 11.3. The van der Waals surface area contributed by atoms with Crippen LogP contribution < -0.4 is 10.7 Å². The van der Waals surface area contributed by atoms with Crippen molar-refractivity contribution in [2.45, 2.75) is 32.6 Å². The van der Waals surface area contributed by atoms with Crippen LogP contribution in [0.15, 0.2) is 16.9 Å². The number of aromatic nitrogens is 1. The lowest BCUT2D eigenvalue weighted by atomic mass is 9.71. The Kier molecular flexibility index (Phi) is 4.03. The van der Waals surface area contributed by atoms with Gasteiger partial charge in [-0.15, -0.1) is 0 Å². The van der Waals surface area contributed by atoms with Gasteiger partial charge in [0.15, 0.2) is 5.43 Å². The lowest BCUT2D eigenvalue weighted by Crippen LogP contribution is -2.51. The number of carbonyl (C=O) groups excluding carboxylic acids is 3. The van der Waals surface area contributed by atoms with Gasteiger partial charge in [-0.3, -0.25) is 24.5 Å². The molecule has 2 saturated heterocycles. The van der Waals surface area contributed by atoms with Gasteiger partial charge in [-0.2, -0.15) is 0 Å². The average molecular weight is 331 g/mol. The predicted molar refractivity (Wildman–Crippen MR) is 86.4 cm³/mol. The third kappa shape index (κ3) is 2.98. The first-order valence-corrected chi connectivity index (χ1v) is 8.09. The number of hydrogen-bond acceptors (Lipinski definition) is 4. The van der Waals surface area contributed by atoms with Crippen molar-refractivity contribution in [3.05, 3.63) is 33.7 Å². The van der Waals surface area contributed by atoms with E-state index < -0.39 is 0 Å². The minimum atomic E-state index is -0.325. The molecule has 0 unspecified atom stereocenters. The number of likely N-dealkylation sites (tertiary alicyclic amines) is 1. The van der Waals surface area contributed by atoms with Crippen LogP contribution in [0.25, 0.3) is 0 Å². The van der Waals surface area contributed by atoms with Crippen LogP contribution in [-0.4, -0.2) is 40.3 Å². The molecule has 0 radical (unpaired) electrons. The van der Waals surface area contributed by atoms with E-state index in [1.807, 2.05) is 0 Å². The van der Waals surface area contributed by atoms with Gasteiger partial charge in [-0.05, 0) is 25.2 Å². The lowest BCUT2D eigenvalue weighted by molar-refractivity contribution is -0.139. The number of nitrogens with zero attached hydrogens (tertiary/aromatic N) is 2. The van der Waals surface area contributed by atoms with Crippen molar-refractivity contribution in [2.75, 3.05) is 13.1 Å². The Morgan fingerprint density at radius 3 is 2.25 bits per heavy atom. The Labute approximate surface area is 139 Å². The van der Waals surface area contributed by atoms with Crippen molar-refractivity contribution in [3.8, 4) is 0 Å². The molecule has 1 N–H and O–H groups in total. The number of carbonyl (C=O) groups is 3. The minimum Gasteiger partial charge on any atom is -0.344 e. The van der Waals surface area contributed by atoms with Crippen molar-refractivity contribution in [3.63, 3.8) is 0 Å². The maximum Gasteiger partial charge on any atom is 0.270 e. The highest BCUT2D eigenvalue weighted by molar-refractivity contribution is 5.98. The van der Waals surface area contributed by atoms with E-state index in [0.29, 0.717) is 44.5 Å². The second-order valence-corrected chi connectivity index (χ2v) is 6.89. The number of aryl methyl sites for hydroxylation is 1. The van der Waals surface area contributed by atoms with E-state index in [1.54, 1.807) is 23.4 Å². The number of piperidine rings is 2. The smallest absolute Gasteiger partial charge is 0.270 e. The lowest BCUT2D eigenvalue weighted by Gasteiger charge is -2.43. The molecule has 24 heavy (non-hydrogen) atoms. The van der Waals surface area contributed by atoms with Crippen LogP contribution in [-0.2, 0) is 16.6 Å². The van der Waals surface area contributed by atoms with E-state index in [4.69, 9.17) is 0 Å². The van der Waals surface area contributed by atoms with Gasteiger partial charge in [0, 0.05) is 50.8 Å². The van der Waals surface area contributed by atoms with Crippen LogP contribution in [0.4, 0.5) is 0 Å². The summed E-state index contributed by atoms with van der Waals surface area (Å²) in [6, 6.07) is 2.85. The van der Waals surface area contributed by atoms with Crippen LogP contribution in [0.5, 0.6) is 0 Å². The molecule has 2 aliphatic rings. The van der Waals surface area contributed by atoms with Crippen LogP contribution in [0.2, 0.25) is 0 Å². The molecule has 3 heterocycles. The molecule has 0 atom stereocenters. The van der Waals surface area contributed by atoms with E-state index in [-0.39, 0.29) is 28.6 Å². The van der Waals surface area contributed by atoms with Gasteiger partial charge in [-0.1, -0.05) is 0 Å². The molecule has 1 spiro atoms. The zero-order chi connectivity index (χ0) is 17.5. The highest BCUT2D eigenvalue weighted by Crippen LogP contribution is 2.40. The number of imide groups is 1. The Morgan fingerprint density at radius 2 is 1.67 bits per heavy atom. The van der Waals surface area contributed by atoms with Crippen LogP contribution in [0.1, 0.15) is 41.9 Å². The van der Waals surface area contributed by atoms with E-state index >= 15 is 0 Å². The van der Waals surface area contributed by atoms with E-state index in [1.165, 1.54) is 12.1 Å². The number of nitrogens with one attached hydrogen (secondary N) is 1. The molecule has 7 heteroatoms. The molecule has 1 aromatic rings. The standard InChI is InChI=1S/C17H21N3O4/c1-11-7-12(21)8-13(19(11)2)16(24)20-5-3-17(4-6-20)9-14(22)18-15(23)10-17/h7-8H,3-6,9-10H2,1-2H3,(H,18,22,23).